The Bertz CT molecular complexity index is 172. The lowest BCUT2D eigenvalue weighted by Gasteiger charge is -1.88. The van der Waals surface area contributed by atoms with Gasteiger partial charge in [0, 0.05) is 6.20 Å². The Hall–Kier alpha value is -0.305. The van der Waals surface area contributed by atoms with Gasteiger partial charge in [0.15, 0.2) is 0 Å². The molecule has 0 aliphatic rings. The lowest BCUT2D eigenvalue weighted by Crippen LogP contribution is -2.00. The van der Waals surface area contributed by atoms with Gasteiger partial charge in [-0.25, -0.2) is 4.98 Å². The molecule has 8 heavy (non-hydrogen) atoms. The second-order valence-electron chi connectivity index (χ2n) is 1.41. The summed E-state index contributed by atoms with van der Waals surface area (Å²) in [6.07, 6.45) is 1.65. The van der Waals surface area contributed by atoms with E-state index in [1.165, 1.54) is 0 Å². The summed E-state index contributed by atoms with van der Waals surface area (Å²) in [5, 5.41) is 0. The van der Waals surface area contributed by atoms with Crippen LogP contribution >= 0.6 is 15.9 Å². The number of pyridine rings is 1. The highest BCUT2D eigenvalue weighted by molar-refractivity contribution is 9.10. The molecule has 0 saturated carbocycles. The molecule has 0 amide bonds. The lowest BCUT2D eigenvalue weighted by molar-refractivity contribution is 1.29. The van der Waals surface area contributed by atoms with Gasteiger partial charge in [-0.1, -0.05) is 11.5 Å². The van der Waals surface area contributed by atoms with Crippen LogP contribution in [0.4, 0.5) is 0 Å². The van der Waals surface area contributed by atoms with Crippen molar-refractivity contribution in [3.8, 4) is 0 Å². The van der Waals surface area contributed by atoms with Crippen LogP contribution in [-0.4, -0.2) is 12.8 Å². The molecule has 0 aliphatic heterocycles. The van der Waals surface area contributed by atoms with Crippen molar-refractivity contribution in [3.05, 3.63) is 22.9 Å². The topological polar surface area (TPSA) is 12.9 Å². The van der Waals surface area contributed by atoms with Gasteiger partial charge in [0.25, 0.3) is 0 Å². The maximum absolute atomic E-state index is 5.39. The normalized spacial score (nSPS) is 9.12. The van der Waals surface area contributed by atoms with Gasteiger partial charge in [-0.15, -0.1) is 0 Å². The highest BCUT2D eigenvalue weighted by Crippen LogP contribution is 1.98. The Morgan fingerprint density at radius 2 is 2.38 bits per heavy atom. The van der Waals surface area contributed by atoms with Crippen molar-refractivity contribution in [2.75, 3.05) is 0 Å². The largest absolute Gasteiger partial charge is 0.249 e. The average molecular weight is 168 g/mol. The maximum atomic E-state index is 5.39. The van der Waals surface area contributed by atoms with Crippen LogP contribution in [-0.2, 0) is 0 Å². The fourth-order valence-electron chi connectivity index (χ4n) is 0.417. The van der Waals surface area contributed by atoms with Crippen LogP contribution in [0.2, 0.25) is 0 Å². The second-order valence-corrected chi connectivity index (χ2v) is 2.22. The molecule has 0 N–H and O–H groups in total. The molecule has 1 aromatic rings. The van der Waals surface area contributed by atoms with E-state index in [1.807, 2.05) is 0 Å². The molecule has 1 nitrogen and oxygen atoms in total. The van der Waals surface area contributed by atoms with Crippen molar-refractivity contribution in [2.24, 2.45) is 0 Å². The van der Waals surface area contributed by atoms with Crippen molar-refractivity contribution < 1.29 is 0 Å². The molecule has 1 aromatic heterocycles. The standard InChI is InChI=1S/C5H3BBrN/c6-4-1-2-8-5(7)3-4/h1-3H. The molecule has 0 bridgehead atoms. The molecule has 0 atom stereocenters. The molecule has 0 unspecified atom stereocenters. The third-order valence-corrected chi connectivity index (χ3v) is 1.18. The minimum absolute atomic E-state index is 0.729. The quantitative estimate of drug-likeness (QED) is 0.409. The van der Waals surface area contributed by atoms with E-state index in [0.717, 1.165) is 10.1 Å². The minimum atomic E-state index is 0.729. The Morgan fingerprint density at radius 3 is 2.75 bits per heavy atom. The van der Waals surface area contributed by atoms with Crippen molar-refractivity contribution in [2.45, 2.75) is 0 Å². The molecule has 3 heteroatoms. The van der Waals surface area contributed by atoms with E-state index >= 15 is 0 Å². The van der Waals surface area contributed by atoms with Crippen molar-refractivity contribution in [1.82, 2.24) is 4.98 Å². The molecule has 0 aromatic carbocycles. The van der Waals surface area contributed by atoms with Gasteiger partial charge in [-0.05, 0) is 22.0 Å². The summed E-state index contributed by atoms with van der Waals surface area (Å²) < 4.78 is 0.775. The molecule has 38 valence electrons. The summed E-state index contributed by atoms with van der Waals surface area (Å²) in [5.74, 6) is 0. The van der Waals surface area contributed by atoms with E-state index in [4.69, 9.17) is 7.85 Å². The smallest absolute Gasteiger partial charge is 0.114 e. The van der Waals surface area contributed by atoms with Crippen molar-refractivity contribution in [1.29, 1.82) is 0 Å². The highest BCUT2D eigenvalue weighted by Gasteiger charge is 1.83. The van der Waals surface area contributed by atoms with E-state index in [9.17, 15) is 0 Å². The predicted molar refractivity (Wildman–Crippen MR) is 37.3 cm³/mol. The fourth-order valence-corrected chi connectivity index (χ4v) is 0.800. The molecular formula is C5H3BBrN. The Kier molecular flexibility index (Phi) is 1.68. The average Bonchev–Trinajstić information content (AvgIpc) is 1.64. The zero-order valence-corrected chi connectivity index (χ0v) is 5.72. The molecule has 0 spiro atoms. The highest BCUT2D eigenvalue weighted by atomic mass is 79.9. The van der Waals surface area contributed by atoms with Crippen LogP contribution < -0.4 is 5.46 Å². The number of hydrogen-bond acceptors (Lipinski definition) is 1. The van der Waals surface area contributed by atoms with Crippen LogP contribution in [0.15, 0.2) is 22.9 Å². The summed E-state index contributed by atoms with van der Waals surface area (Å²) in [7, 11) is 5.39. The second kappa shape index (κ2) is 2.31. The summed E-state index contributed by atoms with van der Waals surface area (Å²) in [4.78, 5) is 3.88. The number of hydrogen-bond donors (Lipinski definition) is 0. The zero-order valence-electron chi connectivity index (χ0n) is 4.13. The van der Waals surface area contributed by atoms with Crippen molar-refractivity contribution >= 4 is 29.2 Å². The monoisotopic (exact) mass is 167 g/mol. The SMILES string of the molecule is [B]c1ccnc(Br)c1. The number of aromatic nitrogens is 1. The summed E-state index contributed by atoms with van der Waals surface area (Å²) in [5.41, 5.74) is 0.729. The summed E-state index contributed by atoms with van der Waals surface area (Å²) >= 11 is 3.17. The summed E-state index contributed by atoms with van der Waals surface area (Å²) in [6.45, 7) is 0. The Morgan fingerprint density at radius 1 is 1.62 bits per heavy atom. The lowest BCUT2D eigenvalue weighted by atomic mass is 9.99. The van der Waals surface area contributed by atoms with E-state index in [2.05, 4.69) is 20.9 Å². The number of halogens is 1. The molecule has 1 rings (SSSR count). The molecule has 0 aliphatic carbocycles. The van der Waals surface area contributed by atoms with E-state index < -0.39 is 0 Å². The van der Waals surface area contributed by atoms with Gasteiger partial charge in [0.05, 0.1) is 0 Å². The van der Waals surface area contributed by atoms with Crippen LogP contribution in [0.25, 0.3) is 0 Å². The molecule has 2 radical (unpaired) electrons. The minimum Gasteiger partial charge on any atom is -0.249 e. The van der Waals surface area contributed by atoms with Crippen LogP contribution in [0, 0.1) is 0 Å². The zero-order chi connectivity index (χ0) is 5.98. The van der Waals surface area contributed by atoms with Gasteiger partial charge >= 0.3 is 0 Å². The number of nitrogens with zero attached hydrogens (tertiary/aromatic N) is 1. The third kappa shape index (κ3) is 1.34. The van der Waals surface area contributed by atoms with Crippen LogP contribution in [0.5, 0.6) is 0 Å². The van der Waals surface area contributed by atoms with E-state index in [-0.39, 0.29) is 0 Å². The van der Waals surface area contributed by atoms with Gasteiger partial charge in [-0.3, -0.25) is 0 Å². The van der Waals surface area contributed by atoms with Gasteiger partial charge in [0.1, 0.15) is 12.4 Å². The molecule has 0 saturated heterocycles. The number of rotatable bonds is 0. The van der Waals surface area contributed by atoms with E-state index in [1.54, 1.807) is 18.3 Å². The first-order chi connectivity index (χ1) is 3.79. The van der Waals surface area contributed by atoms with Crippen LogP contribution in [0.1, 0.15) is 0 Å². The van der Waals surface area contributed by atoms with E-state index in [0.29, 0.717) is 0 Å². The first-order valence-corrected chi connectivity index (χ1v) is 2.95. The maximum Gasteiger partial charge on any atom is 0.114 e. The van der Waals surface area contributed by atoms with Gasteiger partial charge in [-0.2, -0.15) is 0 Å². The summed E-state index contributed by atoms with van der Waals surface area (Å²) in [6, 6.07) is 3.49. The molecule has 0 fully saturated rings. The first kappa shape index (κ1) is 5.82. The Balaban J connectivity index is 3.08. The predicted octanol–water partition coefficient (Wildman–Crippen LogP) is 0.638. The van der Waals surface area contributed by atoms with Crippen LogP contribution in [0.3, 0.4) is 0 Å². The molecular weight excluding hydrogens is 165 g/mol. The molecule has 1 heterocycles. The first-order valence-electron chi connectivity index (χ1n) is 2.16. The third-order valence-electron chi connectivity index (χ3n) is 0.751. The van der Waals surface area contributed by atoms with Gasteiger partial charge in [0.2, 0.25) is 0 Å². The van der Waals surface area contributed by atoms with Crippen molar-refractivity contribution in [3.63, 3.8) is 0 Å². The Labute approximate surface area is 57.7 Å². The van der Waals surface area contributed by atoms with Gasteiger partial charge < -0.3 is 0 Å². The fraction of sp³-hybridized carbons (Fsp3) is 0.